The highest BCUT2D eigenvalue weighted by atomic mass is 19.1. The van der Waals surface area contributed by atoms with Crippen molar-refractivity contribution in [2.24, 2.45) is 5.92 Å². The third-order valence-corrected chi connectivity index (χ3v) is 8.62. The molecule has 4 aromatic rings. The molecule has 0 bridgehead atoms. The van der Waals surface area contributed by atoms with Gasteiger partial charge in [0.15, 0.2) is 5.65 Å². The summed E-state index contributed by atoms with van der Waals surface area (Å²) in [6.45, 7) is 12.1. The monoisotopic (exact) mass is 687 g/mol. The standard InChI is InChI=1S/C37H46FN7O5/c1-36(2,3)49-34(47)43-16-15-26(30(46)22-43)18-40-31-17-32(45-33(42-31)28(20-41-45)24-11-12-24)44(35(48)50-37(4,5)6)21-23-7-9-25(10-8-23)29-14-13-27(38)19-39-29/h7-10,13-14,17,19-20,24,26,30,46H,11-12,15-16,18,21-22H2,1-6H3,(H,40,42)/t26-,30+/m1/s1. The number of hydrogen-bond donors (Lipinski definition) is 2. The van der Waals surface area contributed by atoms with Crippen LogP contribution in [0.4, 0.5) is 25.6 Å². The molecule has 13 heteroatoms. The van der Waals surface area contributed by atoms with Gasteiger partial charge in [0, 0.05) is 36.2 Å². The van der Waals surface area contributed by atoms with Crippen molar-refractivity contribution in [2.45, 2.75) is 90.6 Å². The molecule has 2 amide bonds. The van der Waals surface area contributed by atoms with Gasteiger partial charge >= 0.3 is 12.2 Å². The molecule has 1 saturated heterocycles. The molecular weight excluding hydrogens is 641 g/mol. The lowest BCUT2D eigenvalue weighted by Gasteiger charge is -2.36. The van der Waals surface area contributed by atoms with Crippen molar-refractivity contribution in [1.29, 1.82) is 0 Å². The van der Waals surface area contributed by atoms with E-state index in [1.54, 1.807) is 26.4 Å². The minimum atomic E-state index is -0.756. The largest absolute Gasteiger partial charge is 0.444 e. The lowest BCUT2D eigenvalue weighted by molar-refractivity contribution is -0.0104. The fourth-order valence-corrected chi connectivity index (χ4v) is 5.94. The highest BCUT2D eigenvalue weighted by Crippen LogP contribution is 2.42. The molecule has 2 N–H and O–H groups in total. The molecule has 0 radical (unpaired) electrons. The molecule has 1 aliphatic carbocycles. The zero-order chi connectivity index (χ0) is 35.8. The molecule has 50 heavy (non-hydrogen) atoms. The summed E-state index contributed by atoms with van der Waals surface area (Å²) in [5.74, 6) is 0.814. The van der Waals surface area contributed by atoms with Gasteiger partial charge in [0.1, 0.15) is 28.7 Å². The number of benzene rings is 1. The molecule has 0 spiro atoms. The summed E-state index contributed by atoms with van der Waals surface area (Å²) >= 11 is 0. The van der Waals surface area contributed by atoms with Crippen LogP contribution in [0.3, 0.4) is 0 Å². The first-order valence-corrected chi connectivity index (χ1v) is 17.1. The predicted octanol–water partition coefficient (Wildman–Crippen LogP) is 6.78. The van der Waals surface area contributed by atoms with Gasteiger partial charge in [0.2, 0.25) is 0 Å². The molecule has 1 aromatic carbocycles. The van der Waals surface area contributed by atoms with Crippen LogP contribution in [0.5, 0.6) is 0 Å². The molecule has 0 unspecified atom stereocenters. The number of aliphatic hydroxyl groups is 1. The number of aliphatic hydroxyl groups excluding tert-OH is 1. The molecule has 6 rings (SSSR count). The maximum Gasteiger partial charge on any atom is 0.416 e. The number of β-amino-alcohol motifs (C(OH)–C–C–N with tert-alkyl or cyclic N) is 1. The first kappa shape index (κ1) is 35.1. The molecule has 2 atom stereocenters. The van der Waals surface area contributed by atoms with Crippen molar-refractivity contribution in [2.75, 3.05) is 29.9 Å². The number of fused-ring (bicyclic) bond motifs is 1. The van der Waals surface area contributed by atoms with Gasteiger partial charge < -0.3 is 24.8 Å². The van der Waals surface area contributed by atoms with Gasteiger partial charge in [-0.25, -0.2) is 19.0 Å². The van der Waals surface area contributed by atoms with Crippen LogP contribution in [0, 0.1) is 11.7 Å². The quantitative estimate of drug-likeness (QED) is 0.206. The van der Waals surface area contributed by atoms with Gasteiger partial charge in [-0.05, 0) is 84.4 Å². The molecule has 12 nitrogen and oxygen atoms in total. The summed E-state index contributed by atoms with van der Waals surface area (Å²) in [5, 5.41) is 19.1. The molecule has 3 aromatic heterocycles. The second-order valence-corrected chi connectivity index (χ2v) is 15.2. The number of likely N-dealkylation sites (tertiary alicyclic amines) is 1. The number of rotatable bonds is 8. The second kappa shape index (κ2) is 13.9. The normalized spacial score (nSPS) is 18.2. The molecule has 4 heterocycles. The van der Waals surface area contributed by atoms with E-state index in [0.29, 0.717) is 48.4 Å². The van der Waals surface area contributed by atoms with Crippen molar-refractivity contribution in [1.82, 2.24) is 24.5 Å². The molecule has 266 valence electrons. The zero-order valence-corrected chi connectivity index (χ0v) is 29.5. The maximum atomic E-state index is 13.9. The number of piperidine rings is 1. The third-order valence-electron chi connectivity index (χ3n) is 8.62. The minimum Gasteiger partial charge on any atom is -0.444 e. The fourth-order valence-electron chi connectivity index (χ4n) is 5.94. The van der Waals surface area contributed by atoms with E-state index in [1.165, 1.54) is 12.3 Å². The van der Waals surface area contributed by atoms with Crippen LogP contribution in [0.25, 0.3) is 16.9 Å². The summed E-state index contributed by atoms with van der Waals surface area (Å²) in [6.07, 6.45) is 3.94. The first-order chi connectivity index (χ1) is 23.6. The Balaban J connectivity index is 1.27. The molecular formula is C37H46FN7O5. The summed E-state index contributed by atoms with van der Waals surface area (Å²) < 4.78 is 26.5. The number of halogens is 1. The van der Waals surface area contributed by atoms with Crippen molar-refractivity contribution in [3.8, 4) is 11.3 Å². The van der Waals surface area contributed by atoms with Gasteiger partial charge in [-0.1, -0.05) is 24.3 Å². The molecule has 2 fully saturated rings. The topological polar surface area (TPSA) is 134 Å². The van der Waals surface area contributed by atoms with Crippen LogP contribution >= 0.6 is 0 Å². The van der Waals surface area contributed by atoms with Crippen LogP contribution in [0.2, 0.25) is 0 Å². The average molecular weight is 688 g/mol. The highest BCUT2D eigenvalue weighted by Gasteiger charge is 2.34. The maximum absolute atomic E-state index is 13.9. The number of amides is 2. The van der Waals surface area contributed by atoms with E-state index in [2.05, 4.69) is 15.4 Å². The number of aromatic nitrogens is 4. The number of nitrogens with one attached hydrogen (secondary N) is 1. The summed E-state index contributed by atoms with van der Waals surface area (Å²) in [6, 6.07) is 12.3. The number of carbonyl (C=O) groups is 2. The number of hydrogen-bond acceptors (Lipinski definition) is 9. The molecule has 2 aliphatic rings. The van der Waals surface area contributed by atoms with E-state index in [-0.39, 0.29) is 19.0 Å². The van der Waals surface area contributed by atoms with Crippen LogP contribution in [-0.4, -0.2) is 78.7 Å². The van der Waals surface area contributed by atoms with Gasteiger partial charge in [-0.15, -0.1) is 0 Å². The van der Waals surface area contributed by atoms with E-state index < -0.39 is 35.3 Å². The van der Waals surface area contributed by atoms with Crippen LogP contribution in [0.15, 0.2) is 54.9 Å². The average Bonchev–Trinajstić information content (AvgIpc) is 3.80. The highest BCUT2D eigenvalue weighted by molar-refractivity contribution is 5.88. The lowest BCUT2D eigenvalue weighted by Crippen LogP contribution is -2.49. The Morgan fingerprint density at radius 2 is 1.72 bits per heavy atom. The number of ether oxygens (including phenoxy) is 2. The van der Waals surface area contributed by atoms with E-state index >= 15 is 0 Å². The van der Waals surface area contributed by atoms with E-state index in [1.807, 2.05) is 72.0 Å². The van der Waals surface area contributed by atoms with Crippen LogP contribution in [0.1, 0.15) is 77.8 Å². The zero-order valence-electron chi connectivity index (χ0n) is 29.5. The Hall–Kier alpha value is -4.78. The molecule has 1 aliphatic heterocycles. The van der Waals surface area contributed by atoms with E-state index in [9.17, 15) is 19.1 Å². The van der Waals surface area contributed by atoms with Crippen molar-refractivity contribution < 1.29 is 28.6 Å². The Morgan fingerprint density at radius 3 is 2.34 bits per heavy atom. The van der Waals surface area contributed by atoms with Crippen molar-refractivity contribution in [3.05, 3.63) is 71.8 Å². The van der Waals surface area contributed by atoms with E-state index in [4.69, 9.17) is 14.5 Å². The number of pyridine rings is 1. The SMILES string of the molecule is CC(C)(C)OC(=O)N1CC[C@H](CNc2cc(N(Cc3ccc(-c4ccc(F)cn4)cc3)C(=O)OC(C)(C)C)n3ncc(C4CC4)c3n2)[C@@H](O)C1. The Bertz CT molecular complexity index is 1830. The number of anilines is 2. The van der Waals surface area contributed by atoms with Gasteiger partial charge in [-0.2, -0.15) is 9.61 Å². The number of nitrogens with zero attached hydrogens (tertiary/aromatic N) is 6. The Labute approximate surface area is 291 Å². The number of carbonyl (C=O) groups excluding carboxylic acids is 2. The lowest BCUT2D eigenvalue weighted by atomic mass is 9.94. The van der Waals surface area contributed by atoms with Gasteiger partial charge in [0.25, 0.3) is 0 Å². The molecule has 1 saturated carbocycles. The van der Waals surface area contributed by atoms with Gasteiger partial charge in [0.05, 0.1) is 37.3 Å². The van der Waals surface area contributed by atoms with Crippen LogP contribution < -0.4 is 10.2 Å². The predicted molar refractivity (Wildman–Crippen MR) is 187 cm³/mol. The summed E-state index contributed by atoms with van der Waals surface area (Å²) in [5.41, 5.74) is 2.58. The summed E-state index contributed by atoms with van der Waals surface area (Å²) in [7, 11) is 0. The second-order valence-electron chi connectivity index (χ2n) is 15.2. The Morgan fingerprint density at radius 1 is 1.00 bits per heavy atom. The smallest absolute Gasteiger partial charge is 0.416 e. The van der Waals surface area contributed by atoms with Gasteiger partial charge in [-0.3, -0.25) is 9.88 Å². The van der Waals surface area contributed by atoms with Crippen LogP contribution in [-0.2, 0) is 16.0 Å². The Kier molecular flexibility index (Phi) is 9.71. The first-order valence-electron chi connectivity index (χ1n) is 17.1. The van der Waals surface area contributed by atoms with Crippen molar-refractivity contribution in [3.63, 3.8) is 0 Å². The third kappa shape index (κ3) is 8.50. The van der Waals surface area contributed by atoms with E-state index in [0.717, 1.165) is 29.5 Å². The van der Waals surface area contributed by atoms with Crippen molar-refractivity contribution >= 4 is 29.5 Å². The summed E-state index contributed by atoms with van der Waals surface area (Å²) in [4.78, 5) is 38.7. The minimum absolute atomic E-state index is 0.140. The fraction of sp³-hybridized carbons (Fsp3) is 0.486.